The van der Waals surface area contributed by atoms with Gasteiger partial charge in [0.15, 0.2) is 0 Å². The minimum Gasteiger partial charge on any atom is -0.396 e. The maximum absolute atomic E-state index is 8.27. The smallest absolute Gasteiger partial charge is 0.133 e. The Morgan fingerprint density at radius 1 is 1.00 bits per heavy atom. The van der Waals surface area contributed by atoms with Crippen molar-refractivity contribution in [2.24, 2.45) is 16.6 Å². The number of rotatable bonds is 9. The summed E-state index contributed by atoms with van der Waals surface area (Å²) >= 11 is 0. The van der Waals surface area contributed by atoms with Crippen molar-refractivity contribution >= 4 is 22.8 Å². The highest BCUT2D eigenvalue weighted by Crippen LogP contribution is 2.18. The van der Waals surface area contributed by atoms with Gasteiger partial charge in [0.05, 0.1) is 29.2 Å². The van der Waals surface area contributed by atoms with Crippen molar-refractivity contribution in [3.63, 3.8) is 0 Å². The van der Waals surface area contributed by atoms with Crippen LogP contribution in [0.2, 0.25) is 0 Å². The van der Waals surface area contributed by atoms with Gasteiger partial charge >= 0.3 is 0 Å². The van der Waals surface area contributed by atoms with Crippen LogP contribution in [-0.4, -0.2) is 42.9 Å². The van der Waals surface area contributed by atoms with Gasteiger partial charge in [-0.05, 0) is 40.5 Å². The Bertz CT molecular complexity index is 871. The number of hydrogen-bond donors (Lipinski definition) is 4. The van der Waals surface area contributed by atoms with Crippen LogP contribution in [-0.2, 0) is 9.47 Å². The molecule has 0 saturated carbocycles. The lowest BCUT2D eigenvalue weighted by Crippen LogP contribution is -2.45. The third-order valence-electron chi connectivity index (χ3n) is 5.05. The standard InChI is InChI=1S/C21H33N5O2/c1-20(2,27-5)11-13-28-21(3,4)10-12-25-26-19-17(23)15-9-7-6-8-14(15)16(22)18(19)24/h6-9,24-25H,10-13,22-23H2,1-5H3/b24-18?,26-19-. The maximum Gasteiger partial charge on any atom is 0.133 e. The summed E-state index contributed by atoms with van der Waals surface area (Å²) in [5.74, 6) is 0. The molecule has 1 aromatic rings. The summed E-state index contributed by atoms with van der Waals surface area (Å²) in [5.41, 5.74) is 16.2. The minimum atomic E-state index is -0.301. The Labute approximate surface area is 167 Å². The molecule has 0 unspecified atom stereocenters. The first kappa shape index (κ1) is 21.9. The van der Waals surface area contributed by atoms with E-state index in [-0.39, 0.29) is 16.9 Å². The summed E-state index contributed by atoms with van der Waals surface area (Å²) in [6.07, 6.45) is 1.57. The van der Waals surface area contributed by atoms with Crippen LogP contribution in [0.15, 0.2) is 29.4 Å². The van der Waals surface area contributed by atoms with E-state index in [1.807, 2.05) is 52.0 Å². The normalized spacial score (nSPS) is 16.5. The molecule has 0 aliphatic heterocycles. The molecule has 0 atom stereocenters. The number of nitrogens with one attached hydrogen (secondary N) is 2. The van der Waals surface area contributed by atoms with E-state index < -0.39 is 0 Å². The van der Waals surface area contributed by atoms with Crippen molar-refractivity contribution in [2.45, 2.75) is 51.7 Å². The monoisotopic (exact) mass is 387 g/mol. The molecule has 0 heterocycles. The predicted octanol–water partition coefficient (Wildman–Crippen LogP) is 0.800. The van der Waals surface area contributed by atoms with E-state index in [2.05, 4.69) is 10.5 Å². The number of fused-ring (bicyclic) bond motifs is 1. The van der Waals surface area contributed by atoms with Crippen LogP contribution in [0.4, 0.5) is 0 Å². The van der Waals surface area contributed by atoms with Crippen molar-refractivity contribution in [3.05, 3.63) is 34.7 Å². The second-order valence-electron chi connectivity index (χ2n) is 8.19. The second-order valence-corrected chi connectivity index (χ2v) is 8.19. The Kier molecular flexibility index (Phi) is 6.85. The number of ether oxygens (including phenoxy) is 2. The molecule has 0 aromatic heterocycles. The molecular formula is C21H33N5O2. The van der Waals surface area contributed by atoms with E-state index in [1.165, 1.54) is 0 Å². The zero-order chi connectivity index (χ0) is 20.9. The van der Waals surface area contributed by atoms with Crippen LogP contribution in [0.1, 0.15) is 40.5 Å². The van der Waals surface area contributed by atoms with Crippen LogP contribution in [0.5, 0.6) is 0 Å². The Morgan fingerprint density at radius 3 is 2.21 bits per heavy atom. The van der Waals surface area contributed by atoms with Crippen molar-refractivity contribution in [1.29, 1.82) is 5.41 Å². The van der Waals surface area contributed by atoms with Crippen molar-refractivity contribution in [1.82, 2.24) is 5.43 Å². The first-order chi connectivity index (χ1) is 13.1. The summed E-state index contributed by atoms with van der Waals surface area (Å²) in [4.78, 5) is 0. The first-order valence-electron chi connectivity index (χ1n) is 9.52. The molecule has 28 heavy (non-hydrogen) atoms. The van der Waals surface area contributed by atoms with E-state index >= 15 is 0 Å². The largest absolute Gasteiger partial charge is 0.396 e. The molecule has 0 saturated heterocycles. The van der Waals surface area contributed by atoms with Crippen LogP contribution in [0.3, 0.4) is 0 Å². The van der Waals surface area contributed by atoms with Crippen LogP contribution < -0.4 is 27.3 Å². The highest BCUT2D eigenvalue weighted by molar-refractivity contribution is 6.65. The van der Waals surface area contributed by atoms with E-state index in [1.54, 1.807) is 7.11 Å². The lowest BCUT2D eigenvalue weighted by Gasteiger charge is -2.28. The number of methoxy groups -OCH3 is 1. The van der Waals surface area contributed by atoms with Crippen molar-refractivity contribution in [2.75, 3.05) is 20.3 Å². The van der Waals surface area contributed by atoms with E-state index in [0.717, 1.165) is 23.3 Å². The Balaban J connectivity index is 1.96. The van der Waals surface area contributed by atoms with Gasteiger partial charge in [0.1, 0.15) is 11.4 Å². The molecule has 1 aromatic carbocycles. The quantitative estimate of drug-likeness (QED) is 0.369. The lowest BCUT2D eigenvalue weighted by molar-refractivity contribution is -0.0607. The predicted molar refractivity (Wildman–Crippen MR) is 114 cm³/mol. The fraction of sp³-hybridized carbons (Fsp3) is 0.524. The highest BCUT2D eigenvalue weighted by Gasteiger charge is 2.22. The van der Waals surface area contributed by atoms with E-state index in [4.69, 9.17) is 26.4 Å². The Morgan fingerprint density at radius 2 is 1.61 bits per heavy atom. The molecular weight excluding hydrogens is 354 g/mol. The van der Waals surface area contributed by atoms with E-state index in [0.29, 0.717) is 30.3 Å². The molecule has 0 radical (unpaired) electrons. The van der Waals surface area contributed by atoms with E-state index in [9.17, 15) is 0 Å². The number of benzene rings is 1. The Hall–Kier alpha value is -2.38. The zero-order valence-electron chi connectivity index (χ0n) is 17.6. The number of nitrogens with zero attached hydrogens (tertiary/aromatic N) is 1. The van der Waals surface area contributed by atoms with Crippen molar-refractivity contribution < 1.29 is 9.47 Å². The fourth-order valence-corrected chi connectivity index (χ4v) is 2.83. The fourth-order valence-electron chi connectivity index (χ4n) is 2.83. The van der Waals surface area contributed by atoms with Gasteiger partial charge in [0.2, 0.25) is 0 Å². The average molecular weight is 388 g/mol. The SMILES string of the molecule is COC(C)(C)CCOC(C)(C)CCN/N=C1\C(=N)C(N)=c2ccccc2=C1N. The topological polar surface area (TPSA) is 119 Å². The van der Waals surface area contributed by atoms with Crippen LogP contribution in [0.25, 0.3) is 11.4 Å². The van der Waals surface area contributed by atoms with Crippen molar-refractivity contribution in [3.8, 4) is 0 Å². The van der Waals surface area contributed by atoms with Gasteiger partial charge in [-0.3, -0.25) is 5.41 Å². The van der Waals surface area contributed by atoms with Gasteiger partial charge in [-0.25, -0.2) is 0 Å². The summed E-state index contributed by atoms with van der Waals surface area (Å²) in [6, 6.07) is 7.52. The molecule has 6 N–H and O–H groups in total. The molecule has 1 aliphatic rings. The van der Waals surface area contributed by atoms with Gasteiger partial charge in [0.25, 0.3) is 0 Å². The molecule has 7 nitrogen and oxygen atoms in total. The molecule has 0 spiro atoms. The average Bonchev–Trinajstić information content (AvgIpc) is 2.65. The molecule has 2 rings (SSSR count). The first-order valence-corrected chi connectivity index (χ1v) is 9.52. The third-order valence-corrected chi connectivity index (χ3v) is 5.05. The molecule has 1 aliphatic carbocycles. The number of nitrogens with two attached hydrogens (primary N) is 2. The van der Waals surface area contributed by atoms with Gasteiger partial charge in [-0.15, -0.1) is 0 Å². The summed E-state index contributed by atoms with van der Waals surface area (Å²) in [7, 11) is 1.71. The zero-order valence-corrected chi connectivity index (χ0v) is 17.6. The summed E-state index contributed by atoms with van der Waals surface area (Å²) < 4.78 is 11.4. The molecule has 0 fully saturated rings. The summed E-state index contributed by atoms with van der Waals surface area (Å²) in [5, 5.41) is 14.2. The van der Waals surface area contributed by atoms with Crippen LogP contribution in [0, 0.1) is 5.41 Å². The molecule has 0 bridgehead atoms. The highest BCUT2D eigenvalue weighted by atomic mass is 16.5. The van der Waals surface area contributed by atoms with Crippen LogP contribution >= 0.6 is 0 Å². The molecule has 7 heteroatoms. The number of hydrogen-bond acceptors (Lipinski definition) is 7. The molecule has 0 amide bonds. The van der Waals surface area contributed by atoms with Gasteiger partial charge < -0.3 is 26.4 Å². The lowest BCUT2D eigenvalue weighted by atomic mass is 9.99. The second kappa shape index (κ2) is 8.75. The third kappa shape index (κ3) is 5.33. The number of hydrazone groups is 1. The summed E-state index contributed by atoms with van der Waals surface area (Å²) in [6.45, 7) is 9.39. The molecule has 154 valence electrons. The van der Waals surface area contributed by atoms with Gasteiger partial charge in [-0.2, -0.15) is 5.10 Å². The van der Waals surface area contributed by atoms with Gasteiger partial charge in [-0.1, -0.05) is 24.3 Å². The van der Waals surface area contributed by atoms with Gasteiger partial charge in [0, 0.05) is 24.1 Å². The maximum atomic E-state index is 8.27. The minimum absolute atomic E-state index is 0.140.